The Bertz CT molecular complexity index is 1340. The summed E-state index contributed by atoms with van der Waals surface area (Å²) in [4.78, 5) is 24.9. The summed E-state index contributed by atoms with van der Waals surface area (Å²) in [5.74, 6) is -0.705. The fourth-order valence-electron chi connectivity index (χ4n) is 5.06. The van der Waals surface area contributed by atoms with Crippen molar-refractivity contribution < 1.29 is 28.2 Å². The summed E-state index contributed by atoms with van der Waals surface area (Å²) >= 11 is 0. The monoisotopic (exact) mass is 630 g/mol. The van der Waals surface area contributed by atoms with E-state index in [1.54, 1.807) is 0 Å². The summed E-state index contributed by atoms with van der Waals surface area (Å²) in [6.07, 6.45) is 3.66. The van der Waals surface area contributed by atoms with Gasteiger partial charge in [-0.15, -0.1) is 0 Å². The highest BCUT2D eigenvalue weighted by Gasteiger charge is 2.29. The second kappa shape index (κ2) is 16.9. The first-order valence-corrected chi connectivity index (χ1v) is 18.9. The molecule has 0 fully saturated rings. The van der Waals surface area contributed by atoms with Crippen LogP contribution in [0, 0.1) is 0 Å². The van der Waals surface area contributed by atoms with Gasteiger partial charge in [-0.1, -0.05) is 121 Å². The van der Waals surface area contributed by atoms with Crippen molar-refractivity contribution in [1.29, 1.82) is 0 Å². The number of hydrogen-bond donors (Lipinski definition) is 0. The lowest BCUT2D eigenvalue weighted by atomic mass is 10.2. The molecule has 4 aromatic rings. The third kappa shape index (κ3) is 9.39. The predicted octanol–water partition coefficient (Wildman–Crippen LogP) is 6.44. The molecule has 4 aromatic carbocycles. The fourth-order valence-corrected chi connectivity index (χ4v) is 10.3. The van der Waals surface area contributed by atoms with Crippen LogP contribution in [0.5, 0.6) is 0 Å². The molecule has 8 heteroatoms. The van der Waals surface area contributed by atoms with Gasteiger partial charge in [0.25, 0.3) is 0 Å². The van der Waals surface area contributed by atoms with Gasteiger partial charge in [-0.2, -0.15) is 0 Å². The van der Waals surface area contributed by atoms with Gasteiger partial charge in [-0.3, -0.25) is 9.59 Å². The Morgan fingerprint density at radius 1 is 0.432 bits per heavy atom. The molecule has 0 aliphatic heterocycles. The van der Waals surface area contributed by atoms with Crippen LogP contribution in [0.1, 0.15) is 38.5 Å². The molecule has 0 atom stereocenters. The highest BCUT2D eigenvalue weighted by molar-refractivity contribution is 7.79. The number of benzene rings is 4. The van der Waals surface area contributed by atoms with Crippen molar-refractivity contribution in [3.63, 3.8) is 0 Å². The smallest absolute Gasteiger partial charge is 0.306 e. The van der Waals surface area contributed by atoms with Gasteiger partial charge in [-0.05, 0) is 25.7 Å². The average molecular weight is 631 g/mol. The maximum absolute atomic E-state index is 14.0. The van der Waals surface area contributed by atoms with E-state index in [4.69, 9.17) is 9.47 Å². The number of unbranched alkanes of at least 4 members (excludes halogenated alkanes) is 3. The van der Waals surface area contributed by atoms with Crippen molar-refractivity contribution in [3.05, 3.63) is 121 Å². The van der Waals surface area contributed by atoms with Crippen LogP contribution in [0.25, 0.3) is 0 Å². The predicted molar refractivity (Wildman–Crippen MR) is 179 cm³/mol. The van der Waals surface area contributed by atoms with Crippen molar-refractivity contribution in [3.8, 4) is 0 Å². The number of ether oxygens (including phenoxy) is 2. The molecule has 0 spiro atoms. The standard InChI is InChI=1S/C36H40O6P2/c37-35(25-29-43(39,31-17-7-3-8-18-31)32-19-9-4-10-20-32)41-27-15-1-2-16-28-42-36(38)26-30-44(40,33-21-11-5-12-22-33)34-23-13-6-14-24-34/h3-14,17-24H,1-2,15-16,25-30H2. The quantitative estimate of drug-likeness (QED) is 0.0758. The molecule has 0 unspecified atom stereocenters. The maximum atomic E-state index is 14.0. The number of hydrogen-bond acceptors (Lipinski definition) is 6. The lowest BCUT2D eigenvalue weighted by molar-refractivity contribution is -0.144. The van der Waals surface area contributed by atoms with E-state index in [0.717, 1.165) is 34.1 Å². The molecular formula is C36H40O6P2. The van der Waals surface area contributed by atoms with Gasteiger partial charge < -0.3 is 18.6 Å². The van der Waals surface area contributed by atoms with E-state index < -0.39 is 14.3 Å². The minimum absolute atomic E-state index is 0.0818. The molecule has 44 heavy (non-hydrogen) atoms. The Labute approximate surface area is 260 Å². The summed E-state index contributed by atoms with van der Waals surface area (Å²) in [5, 5.41) is 2.95. The van der Waals surface area contributed by atoms with Crippen molar-refractivity contribution in [2.24, 2.45) is 0 Å². The minimum Gasteiger partial charge on any atom is -0.466 e. The number of rotatable bonds is 17. The Hall–Kier alpha value is -3.72. The summed E-state index contributed by atoms with van der Waals surface area (Å²) in [6.45, 7) is 0.599. The Kier molecular flexibility index (Phi) is 12.8. The highest BCUT2D eigenvalue weighted by atomic mass is 31.2. The molecule has 0 heterocycles. The van der Waals surface area contributed by atoms with Gasteiger partial charge in [0.1, 0.15) is 14.3 Å². The molecule has 0 radical (unpaired) electrons. The zero-order valence-electron chi connectivity index (χ0n) is 25.0. The van der Waals surface area contributed by atoms with Crippen LogP contribution in [0.3, 0.4) is 0 Å². The van der Waals surface area contributed by atoms with Crippen LogP contribution in [0.4, 0.5) is 0 Å². The van der Waals surface area contributed by atoms with Crippen molar-refractivity contribution in [1.82, 2.24) is 0 Å². The zero-order chi connectivity index (χ0) is 31.1. The Balaban J connectivity index is 1.12. The van der Waals surface area contributed by atoms with E-state index in [9.17, 15) is 18.7 Å². The second-order valence-electron chi connectivity index (χ2n) is 10.6. The highest BCUT2D eigenvalue weighted by Crippen LogP contribution is 2.44. The average Bonchev–Trinajstić information content (AvgIpc) is 3.08. The number of carbonyl (C=O) groups is 2. The van der Waals surface area contributed by atoms with Crippen LogP contribution in [-0.2, 0) is 28.2 Å². The molecule has 0 aliphatic carbocycles. The molecule has 0 N–H and O–H groups in total. The summed E-state index contributed by atoms with van der Waals surface area (Å²) in [7, 11) is -5.90. The van der Waals surface area contributed by atoms with Crippen LogP contribution < -0.4 is 21.2 Å². The molecule has 0 aliphatic rings. The van der Waals surface area contributed by atoms with Crippen molar-refractivity contribution in [2.45, 2.75) is 38.5 Å². The zero-order valence-corrected chi connectivity index (χ0v) is 26.8. The van der Waals surface area contributed by atoms with Gasteiger partial charge in [0.15, 0.2) is 0 Å². The van der Waals surface area contributed by atoms with Crippen LogP contribution >= 0.6 is 14.3 Å². The molecule has 0 aromatic heterocycles. The Morgan fingerprint density at radius 3 is 0.977 bits per heavy atom. The van der Waals surface area contributed by atoms with Crippen LogP contribution in [0.2, 0.25) is 0 Å². The lowest BCUT2D eigenvalue weighted by Gasteiger charge is -2.19. The van der Waals surface area contributed by atoms with E-state index in [2.05, 4.69) is 0 Å². The number of esters is 2. The van der Waals surface area contributed by atoms with Gasteiger partial charge in [0.2, 0.25) is 0 Å². The summed E-state index contributed by atoms with van der Waals surface area (Å²) in [6, 6.07) is 37.2. The summed E-state index contributed by atoms with van der Waals surface area (Å²) < 4.78 is 38.9. The van der Waals surface area contributed by atoms with Crippen molar-refractivity contribution in [2.75, 3.05) is 25.5 Å². The third-order valence-electron chi connectivity index (χ3n) is 7.52. The van der Waals surface area contributed by atoms with E-state index in [0.29, 0.717) is 26.1 Å². The fraction of sp³-hybridized carbons (Fsp3) is 0.278. The SMILES string of the molecule is O=C(CCP(=O)(c1ccccc1)c1ccccc1)OCCCCCCOC(=O)CCP(=O)(c1ccccc1)c1ccccc1. The molecule has 0 bridgehead atoms. The largest absolute Gasteiger partial charge is 0.466 e. The molecule has 6 nitrogen and oxygen atoms in total. The van der Waals surface area contributed by atoms with E-state index in [1.165, 1.54) is 0 Å². The minimum atomic E-state index is -2.95. The molecule has 0 amide bonds. The van der Waals surface area contributed by atoms with Gasteiger partial charge in [0, 0.05) is 33.5 Å². The summed E-state index contributed by atoms with van der Waals surface area (Å²) in [5.41, 5.74) is 0. The molecule has 0 saturated heterocycles. The number of carbonyl (C=O) groups excluding carboxylic acids is 2. The van der Waals surface area contributed by atoms with Crippen molar-refractivity contribution >= 4 is 47.4 Å². The maximum Gasteiger partial charge on any atom is 0.306 e. The lowest BCUT2D eigenvalue weighted by Crippen LogP contribution is -2.20. The normalized spacial score (nSPS) is 11.5. The van der Waals surface area contributed by atoms with Crippen LogP contribution in [-0.4, -0.2) is 37.5 Å². The molecular weight excluding hydrogens is 590 g/mol. The van der Waals surface area contributed by atoms with E-state index in [1.807, 2.05) is 121 Å². The first kappa shape index (κ1) is 33.2. The molecule has 230 valence electrons. The van der Waals surface area contributed by atoms with Gasteiger partial charge >= 0.3 is 11.9 Å². The first-order valence-electron chi connectivity index (χ1n) is 15.1. The van der Waals surface area contributed by atoms with E-state index in [-0.39, 0.29) is 37.1 Å². The Morgan fingerprint density at radius 2 is 0.705 bits per heavy atom. The molecule has 0 saturated carbocycles. The van der Waals surface area contributed by atoms with Gasteiger partial charge in [-0.25, -0.2) is 0 Å². The third-order valence-corrected chi connectivity index (χ3v) is 13.8. The van der Waals surface area contributed by atoms with E-state index >= 15 is 0 Å². The topological polar surface area (TPSA) is 86.7 Å². The molecule has 4 rings (SSSR count). The van der Waals surface area contributed by atoms with Gasteiger partial charge in [0.05, 0.1) is 26.1 Å². The first-order chi connectivity index (χ1) is 21.4. The van der Waals surface area contributed by atoms with Crippen LogP contribution in [0.15, 0.2) is 121 Å². The second-order valence-corrected chi connectivity index (χ2v) is 16.5.